The Bertz CT molecular complexity index is 538. The third-order valence-electron chi connectivity index (χ3n) is 5.59. The Morgan fingerprint density at radius 1 is 1.00 bits per heavy atom. The van der Waals surface area contributed by atoms with Gasteiger partial charge in [-0.3, -0.25) is 0 Å². The van der Waals surface area contributed by atoms with Crippen LogP contribution >= 0.6 is 0 Å². The maximum absolute atomic E-state index is 14.1. The number of rotatable bonds is 3. The van der Waals surface area contributed by atoms with Crippen LogP contribution in [0, 0.1) is 29.4 Å². The lowest BCUT2D eigenvalue weighted by molar-refractivity contribution is 0.0104. The van der Waals surface area contributed by atoms with Crippen molar-refractivity contribution in [2.75, 3.05) is 17.7 Å². The highest BCUT2D eigenvalue weighted by Crippen LogP contribution is 2.56. The first-order valence-electron chi connectivity index (χ1n) is 7.89. The molecule has 5 rings (SSSR count). The molecule has 0 spiro atoms. The largest absolute Gasteiger partial charge is 0.371 e. The molecule has 4 bridgehead atoms. The fourth-order valence-corrected chi connectivity index (χ4v) is 5.24. The van der Waals surface area contributed by atoms with Crippen molar-refractivity contribution in [3.05, 3.63) is 17.7 Å². The SMILES string of the molecule is CNc1nc(NC23CC4CC(CC(C4)C2)C3)c(F)cc1F. The van der Waals surface area contributed by atoms with E-state index in [1.54, 1.807) is 7.05 Å². The summed E-state index contributed by atoms with van der Waals surface area (Å²) in [6.45, 7) is 0. The molecule has 3 nitrogen and oxygen atoms in total. The zero-order valence-corrected chi connectivity index (χ0v) is 12.3. The van der Waals surface area contributed by atoms with Crippen molar-refractivity contribution < 1.29 is 8.78 Å². The van der Waals surface area contributed by atoms with Crippen LogP contribution in [0.4, 0.5) is 20.4 Å². The maximum Gasteiger partial charge on any atom is 0.168 e. The van der Waals surface area contributed by atoms with Crippen molar-refractivity contribution in [2.45, 2.75) is 44.1 Å². The average molecular weight is 293 g/mol. The first-order chi connectivity index (χ1) is 10.1. The second-order valence-corrected chi connectivity index (χ2v) is 7.22. The quantitative estimate of drug-likeness (QED) is 0.890. The van der Waals surface area contributed by atoms with E-state index in [1.807, 2.05) is 0 Å². The van der Waals surface area contributed by atoms with Gasteiger partial charge in [0, 0.05) is 18.7 Å². The topological polar surface area (TPSA) is 37.0 Å². The molecule has 0 radical (unpaired) electrons. The van der Waals surface area contributed by atoms with E-state index < -0.39 is 11.6 Å². The molecular formula is C16H21F2N3. The van der Waals surface area contributed by atoms with E-state index in [9.17, 15) is 8.78 Å². The average Bonchev–Trinajstić information content (AvgIpc) is 2.40. The summed E-state index contributed by atoms with van der Waals surface area (Å²) in [7, 11) is 1.60. The monoisotopic (exact) mass is 293 g/mol. The van der Waals surface area contributed by atoms with Gasteiger partial charge in [0.1, 0.15) is 0 Å². The van der Waals surface area contributed by atoms with Crippen LogP contribution in [0.3, 0.4) is 0 Å². The number of halogens is 2. The molecule has 4 aliphatic carbocycles. The number of pyridine rings is 1. The highest BCUT2D eigenvalue weighted by Gasteiger charge is 2.51. The molecule has 1 aromatic heterocycles. The van der Waals surface area contributed by atoms with Crippen molar-refractivity contribution in [2.24, 2.45) is 17.8 Å². The minimum absolute atomic E-state index is 0.0224. The highest BCUT2D eigenvalue weighted by molar-refractivity contribution is 5.49. The zero-order chi connectivity index (χ0) is 14.6. The van der Waals surface area contributed by atoms with Crippen LogP contribution in [-0.4, -0.2) is 17.6 Å². The van der Waals surface area contributed by atoms with Crippen LogP contribution in [0.2, 0.25) is 0 Å². The van der Waals surface area contributed by atoms with Crippen LogP contribution in [0.5, 0.6) is 0 Å². The molecule has 0 amide bonds. The second-order valence-electron chi connectivity index (χ2n) is 7.22. The number of aromatic nitrogens is 1. The van der Waals surface area contributed by atoms with Crippen molar-refractivity contribution in [1.29, 1.82) is 0 Å². The molecule has 4 saturated carbocycles. The van der Waals surface area contributed by atoms with Crippen LogP contribution in [0.1, 0.15) is 38.5 Å². The van der Waals surface area contributed by atoms with Crippen LogP contribution < -0.4 is 10.6 Å². The normalized spacial score (nSPS) is 36.8. The summed E-state index contributed by atoms with van der Waals surface area (Å²) < 4.78 is 27.6. The number of nitrogens with one attached hydrogen (secondary N) is 2. The van der Waals surface area contributed by atoms with Crippen molar-refractivity contribution >= 4 is 11.6 Å². The van der Waals surface area contributed by atoms with Gasteiger partial charge in [0.2, 0.25) is 0 Å². The predicted octanol–water partition coefficient (Wildman–Crippen LogP) is 3.78. The molecule has 114 valence electrons. The summed E-state index contributed by atoms with van der Waals surface area (Å²) in [5.41, 5.74) is -0.0224. The van der Waals surface area contributed by atoms with E-state index in [4.69, 9.17) is 0 Å². The second kappa shape index (κ2) is 4.55. The van der Waals surface area contributed by atoms with E-state index in [0.717, 1.165) is 43.1 Å². The zero-order valence-electron chi connectivity index (χ0n) is 12.3. The molecule has 4 aliphatic rings. The molecular weight excluding hydrogens is 272 g/mol. The minimum Gasteiger partial charge on any atom is -0.371 e. The predicted molar refractivity (Wildman–Crippen MR) is 78.2 cm³/mol. The van der Waals surface area contributed by atoms with E-state index in [2.05, 4.69) is 15.6 Å². The number of hydrogen-bond acceptors (Lipinski definition) is 3. The van der Waals surface area contributed by atoms with Crippen molar-refractivity contribution in [3.8, 4) is 0 Å². The Kier molecular flexibility index (Phi) is 2.88. The molecule has 5 heteroatoms. The van der Waals surface area contributed by atoms with Gasteiger partial charge in [-0.1, -0.05) is 0 Å². The van der Waals surface area contributed by atoms with Crippen LogP contribution in [0.15, 0.2) is 6.07 Å². The molecule has 0 aromatic carbocycles. The number of hydrogen-bond donors (Lipinski definition) is 2. The van der Waals surface area contributed by atoms with Gasteiger partial charge in [-0.2, -0.15) is 0 Å². The van der Waals surface area contributed by atoms with Gasteiger partial charge in [-0.25, -0.2) is 13.8 Å². The molecule has 21 heavy (non-hydrogen) atoms. The lowest BCUT2D eigenvalue weighted by Gasteiger charge is -2.57. The Morgan fingerprint density at radius 2 is 1.52 bits per heavy atom. The molecule has 0 saturated heterocycles. The summed E-state index contributed by atoms with van der Waals surface area (Å²) in [4.78, 5) is 4.09. The number of anilines is 2. The van der Waals surface area contributed by atoms with E-state index >= 15 is 0 Å². The van der Waals surface area contributed by atoms with Gasteiger partial charge in [0.05, 0.1) is 0 Å². The first kappa shape index (κ1) is 13.3. The fourth-order valence-electron chi connectivity index (χ4n) is 5.24. The third kappa shape index (κ3) is 2.17. The van der Waals surface area contributed by atoms with Gasteiger partial charge >= 0.3 is 0 Å². The van der Waals surface area contributed by atoms with Crippen molar-refractivity contribution in [1.82, 2.24) is 4.98 Å². The molecule has 1 aromatic rings. The minimum atomic E-state index is -0.647. The summed E-state index contributed by atoms with van der Waals surface area (Å²) in [6, 6.07) is 0.918. The Morgan fingerprint density at radius 3 is 2.05 bits per heavy atom. The summed E-state index contributed by atoms with van der Waals surface area (Å²) in [5, 5.41) is 6.04. The molecule has 0 atom stereocenters. The maximum atomic E-state index is 14.1. The van der Waals surface area contributed by atoms with Crippen molar-refractivity contribution in [3.63, 3.8) is 0 Å². The number of nitrogens with zero attached hydrogens (tertiary/aromatic N) is 1. The highest BCUT2D eigenvalue weighted by atomic mass is 19.1. The van der Waals surface area contributed by atoms with Crippen LogP contribution in [0.25, 0.3) is 0 Å². The van der Waals surface area contributed by atoms with E-state index in [0.29, 0.717) is 0 Å². The first-order valence-corrected chi connectivity index (χ1v) is 7.89. The third-order valence-corrected chi connectivity index (χ3v) is 5.59. The van der Waals surface area contributed by atoms with Gasteiger partial charge in [0.25, 0.3) is 0 Å². The van der Waals surface area contributed by atoms with Gasteiger partial charge in [-0.05, 0) is 56.3 Å². The lowest BCUT2D eigenvalue weighted by Crippen LogP contribution is -2.55. The molecule has 2 N–H and O–H groups in total. The summed E-state index contributed by atoms with van der Waals surface area (Å²) >= 11 is 0. The summed E-state index contributed by atoms with van der Waals surface area (Å²) in [6.07, 6.45) is 7.32. The Labute approximate surface area is 123 Å². The van der Waals surface area contributed by atoms with Gasteiger partial charge in [-0.15, -0.1) is 0 Å². The Hall–Kier alpha value is -1.39. The molecule has 0 aliphatic heterocycles. The lowest BCUT2D eigenvalue weighted by atomic mass is 9.53. The summed E-state index contributed by atoms with van der Waals surface area (Å²) in [5.74, 6) is 1.38. The van der Waals surface area contributed by atoms with E-state index in [1.165, 1.54) is 19.3 Å². The van der Waals surface area contributed by atoms with Gasteiger partial charge < -0.3 is 10.6 Å². The van der Waals surface area contributed by atoms with Gasteiger partial charge in [0.15, 0.2) is 23.3 Å². The molecule has 0 unspecified atom stereocenters. The Balaban J connectivity index is 1.64. The van der Waals surface area contributed by atoms with Crippen LogP contribution in [-0.2, 0) is 0 Å². The molecule has 1 heterocycles. The standard InChI is InChI=1S/C16H21F2N3/c1-19-14-12(17)5-13(18)15(20-14)21-16-6-9-2-10(7-16)4-11(3-9)8-16/h5,9-11H,2-4,6-8H2,1H3,(H2,19,20,21). The fraction of sp³-hybridized carbons (Fsp3) is 0.688. The smallest absolute Gasteiger partial charge is 0.168 e. The van der Waals surface area contributed by atoms with E-state index in [-0.39, 0.29) is 17.2 Å². The molecule has 4 fully saturated rings.